The Morgan fingerprint density at radius 1 is 1.53 bits per heavy atom. The normalized spacial score (nSPS) is 15.5. The van der Waals surface area contributed by atoms with Crippen molar-refractivity contribution in [2.45, 2.75) is 25.3 Å². The van der Waals surface area contributed by atoms with Gasteiger partial charge in [0.2, 0.25) is 0 Å². The van der Waals surface area contributed by atoms with E-state index < -0.39 is 0 Å². The summed E-state index contributed by atoms with van der Waals surface area (Å²) in [6.07, 6.45) is 3.71. The second-order valence-corrected chi connectivity index (χ2v) is 3.91. The van der Waals surface area contributed by atoms with Gasteiger partial charge in [0.1, 0.15) is 11.9 Å². The van der Waals surface area contributed by atoms with Crippen LogP contribution in [-0.2, 0) is 0 Å². The first-order valence-corrected chi connectivity index (χ1v) is 5.12. The molecule has 0 aliphatic heterocycles. The zero-order valence-electron chi connectivity index (χ0n) is 8.77. The van der Waals surface area contributed by atoms with E-state index in [1.807, 2.05) is 19.2 Å². The lowest BCUT2D eigenvalue weighted by Gasteiger charge is -2.35. The Morgan fingerprint density at radius 3 is 2.80 bits per heavy atom. The van der Waals surface area contributed by atoms with E-state index in [0.717, 1.165) is 5.82 Å². The van der Waals surface area contributed by atoms with Crippen molar-refractivity contribution in [3.05, 3.63) is 17.8 Å². The molecule has 0 aromatic carbocycles. The summed E-state index contributed by atoms with van der Waals surface area (Å²) in [5.74, 6) is 0.838. The number of nitrogens with two attached hydrogens (primary N) is 1. The summed E-state index contributed by atoms with van der Waals surface area (Å²) >= 11 is 0. The van der Waals surface area contributed by atoms with Gasteiger partial charge in [0.25, 0.3) is 0 Å². The van der Waals surface area contributed by atoms with Gasteiger partial charge in [-0.2, -0.15) is 5.26 Å². The summed E-state index contributed by atoms with van der Waals surface area (Å²) in [5.41, 5.74) is 6.38. The Bertz CT molecular complexity index is 404. The van der Waals surface area contributed by atoms with Crippen molar-refractivity contribution < 1.29 is 0 Å². The number of nitrogens with zero attached hydrogens (tertiary/aromatic N) is 3. The molecule has 1 heterocycles. The fourth-order valence-corrected chi connectivity index (χ4v) is 1.71. The molecule has 0 bridgehead atoms. The highest BCUT2D eigenvalue weighted by Gasteiger charge is 2.23. The van der Waals surface area contributed by atoms with Gasteiger partial charge in [-0.1, -0.05) is 0 Å². The van der Waals surface area contributed by atoms with Crippen LogP contribution in [0.5, 0.6) is 0 Å². The Labute approximate surface area is 89.3 Å². The molecule has 1 saturated carbocycles. The van der Waals surface area contributed by atoms with E-state index in [2.05, 4.69) is 9.88 Å². The predicted molar refractivity (Wildman–Crippen MR) is 59.4 cm³/mol. The predicted octanol–water partition coefficient (Wildman–Crippen LogP) is 1.52. The van der Waals surface area contributed by atoms with E-state index in [1.165, 1.54) is 19.3 Å². The molecule has 78 valence electrons. The molecule has 15 heavy (non-hydrogen) atoms. The molecule has 0 radical (unpaired) electrons. The van der Waals surface area contributed by atoms with E-state index >= 15 is 0 Å². The smallest absolute Gasteiger partial charge is 0.165 e. The molecule has 2 N–H and O–H groups in total. The first kappa shape index (κ1) is 9.78. The highest BCUT2D eigenvalue weighted by atomic mass is 15.2. The summed E-state index contributed by atoms with van der Waals surface area (Å²) in [6, 6.07) is 6.19. The number of rotatable bonds is 2. The molecule has 1 aromatic heterocycles. The van der Waals surface area contributed by atoms with Crippen molar-refractivity contribution in [1.82, 2.24) is 4.98 Å². The summed E-state index contributed by atoms with van der Waals surface area (Å²) < 4.78 is 0. The Morgan fingerprint density at radius 2 is 2.27 bits per heavy atom. The molecule has 4 nitrogen and oxygen atoms in total. The minimum atomic E-state index is 0.318. The number of pyridine rings is 1. The second kappa shape index (κ2) is 3.77. The maximum atomic E-state index is 8.82. The molecule has 1 aliphatic rings. The number of aromatic nitrogens is 1. The van der Waals surface area contributed by atoms with Gasteiger partial charge in [-0.25, -0.2) is 4.98 Å². The third-order valence-corrected chi connectivity index (χ3v) is 3.00. The average Bonchev–Trinajstić information content (AvgIpc) is 2.15. The Balaban J connectivity index is 2.24. The van der Waals surface area contributed by atoms with Crippen molar-refractivity contribution in [2.24, 2.45) is 0 Å². The maximum absolute atomic E-state index is 8.82. The van der Waals surface area contributed by atoms with Crippen LogP contribution in [0.1, 0.15) is 25.0 Å². The van der Waals surface area contributed by atoms with Gasteiger partial charge in [0.15, 0.2) is 5.69 Å². The van der Waals surface area contributed by atoms with Gasteiger partial charge in [-0.05, 0) is 31.4 Å². The van der Waals surface area contributed by atoms with Crippen LogP contribution >= 0.6 is 0 Å². The lowest BCUT2D eigenvalue weighted by Crippen LogP contribution is -2.37. The molecular weight excluding hydrogens is 188 g/mol. The fraction of sp³-hybridized carbons (Fsp3) is 0.455. The van der Waals surface area contributed by atoms with Crippen LogP contribution in [0.4, 0.5) is 11.5 Å². The summed E-state index contributed by atoms with van der Waals surface area (Å²) in [7, 11) is 2.02. The summed E-state index contributed by atoms with van der Waals surface area (Å²) in [4.78, 5) is 6.36. The monoisotopic (exact) mass is 202 g/mol. The van der Waals surface area contributed by atoms with Gasteiger partial charge >= 0.3 is 0 Å². The second-order valence-electron chi connectivity index (χ2n) is 3.91. The summed E-state index contributed by atoms with van der Waals surface area (Å²) in [5, 5.41) is 8.82. The number of nitrogen functional groups attached to an aromatic ring is 1. The largest absolute Gasteiger partial charge is 0.396 e. The van der Waals surface area contributed by atoms with Crippen molar-refractivity contribution in [3.8, 4) is 6.07 Å². The van der Waals surface area contributed by atoms with Crippen LogP contribution in [0.15, 0.2) is 12.1 Å². The standard InChI is InChI=1S/C11H14N4/c1-15(8-3-2-4-8)11-6-5-9(13)10(7-12)14-11/h5-6,8H,2-4,13H2,1H3. The number of hydrogen-bond donors (Lipinski definition) is 1. The molecule has 1 aliphatic carbocycles. The topological polar surface area (TPSA) is 65.9 Å². The van der Waals surface area contributed by atoms with Gasteiger partial charge in [-0.3, -0.25) is 0 Å². The Kier molecular flexibility index (Phi) is 2.46. The third kappa shape index (κ3) is 1.73. The molecular formula is C11H14N4. The zero-order valence-corrected chi connectivity index (χ0v) is 8.77. The van der Waals surface area contributed by atoms with Gasteiger partial charge < -0.3 is 10.6 Å². The minimum absolute atomic E-state index is 0.318. The van der Waals surface area contributed by atoms with Crippen molar-refractivity contribution in [2.75, 3.05) is 17.7 Å². The van der Waals surface area contributed by atoms with Crippen LogP contribution in [0, 0.1) is 11.3 Å². The minimum Gasteiger partial charge on any atom is -0.396 e. The van der Waals surface area contributed by atoms with Gasteiger partial charge in [0.05, 0.1) is 5.69 Å². The molecule has 0 spiro atoms. The highest BCUT2D eigenvalue weighted by molar-refractivity contribution is 5.55. The first-order valence-electron chi connectivity index (χ1n) is 5.12. The lowest BCUT2D eigenvalue weighted by molar-refractivity contribution is 0.399. The van der Waals surface area contributed by atoms with Crippen LogP contribution in [0.25, 0.3) is 0 Å². The maximum Gasteiger partial charge on any atom is 0.165 e. The zero-order chi connectivity index (χ0) is 10.8. The molecule has 2 rings (SSSR count). The van der Waals surface area contributed by atoms with E-state index in [4.69, 9.17) is 11.0 Å². The summed E-state index contributed by atoms with van der Waals surface area (Å²) in [6.45, 7) is 0. The SMILES string of the molecule is CN(c1ccc(N)c(C#N)n1)C1CCC1. The van der Waals surface area contributed by atoms with Crippen molar-refractivity contribution in [1.29, 1.82) is 5.26 Å². The number of anilines is 2. The Hall–Kier alpha value is -1.76. The fourth-order valence-electron chi connectivity index (χ4n) is 1.71. The number of nitriles is 1. The highest BCUT2D eigenvalue weighted by Crippen LogP contribution is 2.27. The van der Waals surface area contributed by atoms with E-state index in [9.17, 15) is 0 Å². The lowest BCUT2D eigenvalue weighted by atomic mass is 9.92. The van der Waals surface area contributed by atoms with Gasteiger partial charge in [-0.15, -0.1) is 0 Å². The van der Waals surface area contributed by atoms with Crippen molar-refractivity contribution in [3.63, 3.8) is 0 Å². The van der Waals surface area contributed by atoms with Crippen LogP contribution in [0.2, 0.25) is 0 Å². The third-order valence-electron chi connectivity index (χ3n) is 3.00. The van der Waals surface area contributed by atoms with E-state index in [1.54, 1.807) is 6.07 Å². The van der Waals surface area contributed by atoms with Crippen LogP contribution in [0.3, 0.4) is 0 Å². The van der Waals surface area contributed by atoms with Crippen molar-refractivity contribution >= 4 is 11.5 Å². The molecule has 0 saturated heterocycles. The van der Waals surface area contributed by atoms with Crippen LogP contribution < -0.4 is 10.6 Å². The molecule has 1 fully saturated rings. The van der Waals surface area contributed by atoms with E-state index in [0.29, 0.717) is 17.4 Å². The first-order chi connectivity index (χ1) is 7.22. The quantitative estimate of drug-likeness (QED) is 0.789. The van der Waals surface area contributed by atoms with E-state index in [-0.39, 0.29) is 0 Å². The molecule has 0 amide bonds. The molecule has 0 atom stereocenters. The average molecular weight is 202 g/mol. The molecule has 1 aromatic rings. The number of hydrogen-bond acceptors (Lipinski definition) is 4. The molecule has 0 unspecified atom stereocenters. The van der Waals surface area contributed by atoms with Gasteiger partial charge in [0, 0.05) is 13.1 Å². The molecule has 4 heteroatoms. The van der Waals surface area contributed by atoms with Crippen LogP contribution in [-0.4, -0.2) is 18.1 Å².